The van der Waals surface area contributed by atoms with Gasteiger partial charge in [-0.15, -0.1) is 0 Å². The maximum Gasteiger partial charge on any atom is 0.497 e. The van der Waals surface area contributed by atoms with E-state index in [9.17, 15) is 14.3 Å². The number of rotatable bonds is 2. The van der Waals surface area contributed by atoms with Gasteiger partial charge in [0, 0.05) is 5.46 Å². The SMILES string of the molecule is CC1(C)OB(c2ccc(-n3cc(O)[nH]c3=O)cc2F)OC1(C)C. The summed E-state index contributed by atoms with van der Waals surface area (Å²) in [4.78, 5) is 13.8. The van der Waals surface area contributed by atoms with E-state index in [-0.39, 0.29) is 11.3 Å². The Labute approximate surface area is 133 Å². The molecule has 1 aliphatic heterocycles. The van der Waals surface area contributed by atoms with Crippen molar-refractivity contribution >= 4 is 12.6 Å². The number of H-pyrrole nitrogens is 1. The maximum atomic E-state index is 14.5. The number of hydrogen-bond acceptors (Lipinski definition) is 4. The van der Waals surface area contributed by atoms with Gasteiger partial charge >= 0.3 is 12.8 Å². The molecule has 0 unspecified atom stereocenters. The van der Waals surface area contributed by atoms with Crippen LogP contribution in [0, 0.1) is 5.82 Å². The number of nitrogens with zero attached hydrogens (tertiary/aromatic N) is 1. The van der Waals surface area contributed by atoms with Gasteiger partial charge in [0.1, 0.15) is 5.82 Å². The van der Waals surface area contributed by atoms with Gasteiger partial charge in [0.05, 0.1) is 23.1 Å². The van der Waals surface area contributed by atoms with E-state index < -0.39 is 29.8 Å². The summed E-state index contributed by atoms with van der Waals surface area (Å²) < 4.78 is 27.3. The molecule has 23 heavy (non-hydrogen) atoms. The molecule has 0 saturated carbocycles. The van der Waals surface area contributed by atoms with Crippen LogP contribution in [0.4, 0.5) is 4.39 Å². The van der Waals surface area contributed by atoms with Gasteiger partial charge < -0.3 is 14.4 Å². The van der Waals surface area contributed by atoms with Crippen LogP contribution in [-0.2, 0) is 9.31 Å². The second-order valence-electron chi connectivity index (χ2n) is 6.61. The molecule has 8 heteroatoms. The fourth-order valence-electron chi connectivity index (χ4n) is 2.40. The van der Waals surface area contributed by atoms with Crippen molar-refractivity contribution in [2.75, 3.05) is 0 Å². The van der Waals surface area contributed by atoms with Crippen LogP contribution in [0.15, 0.2) is 29.2 Å². The molecular formula is C15H18BFN2O4. The number of nitrogens with one attached hydrogen (secondary N) is 1. The van der Waals surface area contributed by atoms with E-state index in [2.05, 4.69) is 4.98 Å². The van der Waals surface area contributed by atoms with Gasteiger partial charge in [-0.05, 0) is 39.8 Å². The summed E-state index contributed by atoms with van der Waals surface area (Å²) in [5, 5.41) is 9.30. The molecule has 0 radical (unpaired) electrons. The van der Waals surface area contributed by atoms with Crippen molar-refractivity contribution in [1.82, 2.24) is 9.55 Å². The minimum absolute atomic E-state index is 0.264. The average Bonchev–Trinajstić information content (AvgIpc) is 2.85. The van der Waals surface area contributed by atoms with E-state index in [1.807, 2.05) is 27.7 Å². The highest BCUT2D eigenvalue weighted by Gasteiger charge is 2.52. The van der Waals surface area contributed by atoms with E-state index >= 15 is 0 Å². The molecule has 1 aliphatic rings. The first-order valence-corrected chi connectivity index (χ1v) is 7.27. The largest absolute Gasteiger partial charge is 0.497 e. The lowest BCUT2D eigenvalue weighted by Gasteiger charge is -2.32. The Morgan fingerprint density at radius 3 is 2.30 bits per heavy atom. The van der Waals surface area contributed by atoms with Gasteiger partial charge in [-0.1, -0.05) is 6.07 Å². The molecule has 0 spiro atoms. The predicted octanol–water partition coefficient (Wildman–Crippen LogP) is 1.31. The summed E-state index contributed by atoms with van der Waals surface area (Å²) in [6.45, 7) is 7.56. The summed E-state index contributed by atoms with van der Waals surface area (Å²) in [5.41, 5.74) is -1.12. The van der Waals surface area contributed by atoms with Crippen molar-refractivity contribution in [2.45, 2.75) is 38.9 Å². The first-order valence-electron chi connectivity index (χ1n) is 7.27. The summed E-state index contributed by atoms with van der Waals surface area (Å²) in [5.74, 6) is -0.834. The quantitative estimate of drug-likeness (QED) is 0.818. The van der Waals surface area contributed by atoms with Crippen molar-refractivity contribution < 1.29 is 18.8 Å². The first-order chi connectivity index (χ1) is 10.6. The summed E-state index contributed by atoms with van der Waals surface area (Å²) in [6, 6.07) is 4.29. The van der Waals surface area contributed by atoms with Crippen LogP contribution in [-0.4, -0.2) is 33.0 Å². The highest BCUT2D eigenvalue weighted by Crippen LogP contribution is 2.36. The maximum absolute atomic E-state index is 14.5. The number of halogens is 1. The molecule has 2 aromatic rings. The smallest absolute Gasteiger partial charge is 0.493 e. The van der Waals surface area contributed by atoms with Gasteiger partial charge in [-0.3, -0.25) is 9.55 Å². The van der Waals surface area contributed by atoms with Gasteiger partial charge in [0.25, 0.3) is 0 Å². The van der Waals surface area contributed by atoms with Crippen LogP contribution < -0.4 is 11.2 Å². The summed E-state index contributed by atoms with van der Waals surface area (Å²) in [6.07, 6.45) is 1.19. The van der Waals surface area contributed by atoms with Gasteiger partial charge in [-0.25, -0.2) is 9.18 Å². The number of aromatic hydroxyl groups is 1. The Morgan fingerprint density at radius 2 is 1.83 bits per heavy atom. The fourth-order valence-corrected chi connectivity index (χ4v) is 2.40. The molecule has 1 aromatic heterocycles. The van der Waals surface area contributed by atoms with Crippen molar-refractivity contribution in [3.05, 3.63) is 40.7 Å². The molecule has 2 N–H and O–H groups in total. The molecular weight excluding hydrogens is 302 g/mol. The number of aromatic amines is 1. The van der Waals surface area contributed by atoms with Crippen LogP contribution in [0.1, 0.15) is 27.7 Å². The Balaban J connectivity index is 1.95. The summed E-state index contributed by atoms with van der Waals surface area (Å²) >= 11 is 0. The van der Waals surface area contributed by atoms with Crippen molar-refractivity contribution in [2.24, 2.45) is 0 Å². The molecule has 0 aliphatic carbocycles. The third kappa shape index (κ3) is 2.57. The second-order valence-corrected chi connectivity index (χ2v) is 6.61. The molecule has 0 bridgehead atoms. The molecule has 122 valence electrons. The zero-order chi connectivity index (χ0) is 17.0. The van der Waals surface area contributed by atoms with Gasteiger partial charge in [0.15, 0.2) is 0 Å². The normalized spacial score (nSPS) is 19.3. The topological polar surface area (TPSA) is 76.5 Å². The minimum atomic E-state index is -0.814. The lowest BCUT2D eigenvalue weighted by molar-refractivity contribution is 0.00578. The van der Waals surface area contributed by atoms with E-state index in [1.165, 1.54) is 18.3 Å². The molecule has 0 atom stereocenters. The lowest BCUT2D eigenvalue weighted by Crippen LogP contribution is -2.41. The lowest BCUT2D eigenvalue weighted by atomic mass is 9.78. The highest BCUT2D eigenvalue weighted by atomic mass is 19.1. The van der Waals surface area contributed by atoms with Crippen LogP contribution in [0.3, 0.4) is 0 Å². The van der Waals surface area contributed by atoms with E-state index in [0.717, 1.165) is 4.57 Å². The number of hydrogen-bond donors (Lipinski definition) is 2. The predicted molar refractivity (Wildman–Crippen MR) is 83.7 cm³/mol. The van der Waals surface area contributed by atoms with E-state index in [0.29, 0.717) is 5.69 Å². The number of imidazole rings is 1. The molecule has 6 nitrogen and oxygen atoms in total. The molecule has 0 amide bonds. The zero-order valence-electron chi connectivity index (χ0n) is 13.4. The van der Waals surface area contributed by atoms with Crippen LogP contribution >= 0.6 is 0 Å². The second kappa shape index (κ2) is 4.97. The monoisotopic (exact) mass is 320 g/mol. The third-order valence-corrected chi connectivity index (χ3v) is 4.47. The average molecular weight is 320 g/mol. The van der Waals surface area contributed by atoms with Crippen molar-refractivity contribution in [3.8, 4) is 11.6 Å². The van der Waals surface area contributed by atoms with Crippen molar-refractivity contribution in [3.63, 3.8) is 0 Å². The van der Waals surface area contributed by atoms with Gasteiger partial charge in [0.2, 0.25) is 5.88 Å². The highest BCUT2D eigenvalue weighted by molar-refractivity contribution is 6.62. The summed E-state index contributed by atoms with van der Waals surface area (Å²) in [7, 11) is -0.814. The molecule has 1 fully saturated rings. The van der Waals surface area contributed by atoms with Crippen molar-refractivity contribution in [1.29, 1.82) is 0 Å². The van der Waals surface area contributed by atoms with E-state index in [4.69, 9.17) is 9.31 Å². The molecule has 1 saturated heterocycles. The molecule has 2 heterocycles. The van der Waals surface area contributed by atoms with E-state index in [1.54, 1.807) is 6.07 Å². The zero-order valence-corrected chi connectivity index (χ0v) is 13.4. The van der Waals surface area contributed by atoms with Crippen LogP contribution in [0.2, 0.25) is 0 Å². The third-order valence-electron chi connectivity index (χ3n) is 4.47. The molecule has 3 rings (SSSR count). The number of aromatic nitrogens is 2. The molecule has 1 aromatic carbocycles. The Hall–Kier alpha value is -2.06. The minimum Gasteiger partial charge on any atom is -0.493 e. The Kier molecular flexibility index (Phi) is 3.42. The Morgan fingerprint density at radius 1 is 1.22 bits per heavy atom. The number of benzene rings is 1. The van der Waals surface area contributed by atoms with Crippen LogP contribution in [0.25, 0.3) is 5.69 Å². The standard InChI is InChI=1S/C15H18BFN2O4/c1-14(2)15(3,4)23-16(22-14)10-6-5-9(7-11(10)17)19-8-12(20)18-13(19)21/h5-8,20H,1-4H3,(H,18,21). The van der Waals surface area contributed by atoms with Crippen LogP contribution in [0.5, 0.6) is 5.88 Å². The Bertz CT molecular complexity index is 796. The first kappa shape index (κ1) is 15.8. The van der Waals surface area contributed by atoms with Gasteiger partial charge in [-0.2, -0.15) is 0 Å². The fraction of sp³-hybridized carbons (Fsp3) is 0.400.